The van der Waals surface area contributed by atoms with Crippen LogP contribution < -0.4 is 10.6 Å². The molecular weight excluding hydrogens is 264 g/mol. The molecule has 0 saturated heterocycles. The Morgan fingerprint density at radius 3 is 2.19 bits per heavy atom. The first-order valence-electron chi connectivity index (χ1n) is 7.44. The highest BCUT2D eigenvalue weighted by atomic mass is 16.2. The van der Waals surface area contributed by atoms with E-state index >= 15 is 0 Å². The van der Waals surface area contributed by atoms with Gasteiger partial charge < -0.3 is 10.6 Å². The van der Waals surface area contributed by atoms with Gasteiger partial charge in [-0.2, -0.15) is 0 Å². The third-order valence-corrected chi connectivity index (χ3v) is 3.30. The van der Waals surface area contributed by atoms with Crippen molar-refractivity contribution in [1.29, 1.82) is 0 Å². The van der Waals surface area contributed by atoms with Crippen LogP contribution in [0.25, 0.3) is 0 Å². The van der Waals surface area contributed by atoms with Gasteiger partial charge in [0.05, 0.1) is 0 Å². The number of carbonyl (C=O) groups is 2. The Hall–Kier alpha value is -1.84. The highest BCUT2D eigenvalue weighted by molar-refractivity contribution is 5.97. The van der Waals surface area contributed by atoms with E-state index < -0.39 is 6.04 Å². The molecule has 0 fully saturated rings. The number of nitrogens with one attached hydrogen (secondary N) is 2. The van der Waals surface area contributed by atoms with E-state index in [1.165, 1.54) is 5.56 Å². The molecule has 2 amide bonds. The van der Waals surface area contributed by atoms with Gasteiger partial charge >= 0.3 is 0 Å². The van der Waals surface area contributed by atoms with Crippen LogP contribution in [0.5, 0.6) is 0 Å². The molecule has 0 bridgehead atoms. The van der Waals surface area contributed by atoms with E-state index in [1.807, 2.05) is 19.1 Å². The van der Waals surface area contributed by atoms with Crippen LogP contribution in [-0.2, 0) is 10.2 Å². The summed E-state index contributed by atoms with van der Waals surface area (Å²) in [5.41, 5.74) is 1.80. The van der Waals surface area contributed by atoms with Gasteiger partial charge in [0.1, 0.15) is 6.04 Å². The van der Waals surface area contributed by atoms with Crippen LogP contribution in [-0.4, -0.2) is 24.4 Å². The lowest BCUT2D eigenvalue weighted by Gasteiger charge is -2.19. The number of hydrogen-bond donors (Lipinski definition) is 2. The SMILES string of the molecule is CCCNC(=O)[C@H](C)NC(=O)c1ccc(C(C)(C)C)cc1. The maximum absolute atomic E-state index is 12.1. The van der Waals surface area contributed by atoms with Gasteiger partial charge in [-0.15, -0.1) is 0 Å². The van der Waals surface area contributed by atoms with Crippen molar-refractivity contribution in [3.63, 3.8) is 0 Å². The van der Waals surface area contributed by atoms with Gasteiger partial charge in [-0.25, -0.2) is 0 Å². The Morgan fingerprint density at radius 2 is 1.71 bits per heavy atom. The Balaban J connectivity index is 2.65. The second-order valence-electron chi connectivity index (χ2n) is 6.31. The normalized spacial score (nSPS) is 12.6. The molecule has 1 aromatic carbocycles. The number of benzene rings is 1. The zero-order valence-electron chi connectivity index (χ0n) is 13.6. The third-order valence-electron chi connectivity index (χ3n) is 3.30. The summed E-state index contributed by atoms with van der Waals surface area (Å²) < 4.78 is 0. The zero-order chi connectivity index (χ0) is 16.0. The molecule has 0 unspecified atom stereocenters. The van der Waals surface area contributed by atoms with Crippen molar-refractivity contribution < 1.29 is 9.59 Å². The van der Waals surface area contributed by atoms with Crippen LogP contribution in [0.15, 0.2) is 24.3 Å². The average Bonchev–Trinajstić information content (AvgIpc) is 2.43. The third kappa shape index (κ3) is 5.21. The predicted molar refractivity (Wildman–Crippen MR) is 85.4 cm³/mol. The van der Waals surface area contributed by atoms with Crippen molar-refractivity contribution in [2.45, 2.75) is 52.5 Å². The van der Waals surface area contributed by atoms with Crippen molar-refractivity contribution in [2.24, 2.45) is 0 Å². The van der Waals surface area contributed by atoms with Crippen molar-refractivity contribution in [2.75, 3.05) is 6.54 Å². The predicted octanol–water partition coefficient (Wildman–Crippen LogP) is 2.63. The first kappa shape index (κ1) is 17.2. The van der Waals surface area contributed by atoms with E-state index in [0.29, 0.717) is 12.1 Å². The second-order valence-corrected chi connectivity index (χ2v) is 6.31. The molecule has 1 aromatic rings. The smallest absolute Gasteiger partial charge is 0.251 e. The minimum absolute atomic E-state index is 0.0579. The first-order valence-corrected chi connectivity index (χ1v) is 7.44. The number of amides is 2. The summed E-state index contributed by atoms with van der Waals surface area (Å²) in [6.45, 7) is 10.7. The second kappa shape index (κ2) is 7.25. The summed E-state index contributed by atoms with van der Waals surface area (Å²) in [5.74, 6) is -0.383. The molecule has 0 saturated carbocycles. The lowest BCUT2D eigenvalue weighted by atomic mass is 9.86. The summed E-state index contributed by atoms with van der Waals surface area (Å²) in [6.07, 6.45) is 0.876. The van der Waals surface area contributed by atoms with Gasteiger partial charge in [-0.3, -0.25) is 9.59 Å². The van der Waals surface area contributed by atoms with E-state index in [0.717, 1.165) is 6.42 Å². The van der Waals surface area contributed by atoms with E-state index in [9.17, 15) is 9.59 Å². The summed E-state index contributed by atoms with van der Waals surface area (Å²) >= 11 is 0. The molecule has 0 aliphatic carbocycles. The number of hydrogen-bond acceptors (Lipinski definition) is 2. The molecule has 116 valence electrons. The Labute approximate surface area is 127 Å². The van der Waals surface area contributed by atoms with E-state index in [1.54, 1.807) is 19.1 Å². The Kier molecular flexibility index (Phi) is 5.94. The molecule has 1 rings (SSSR count). The molecular formula is C17H26N2O2. The molecule has 21 heavy (non-hydrogen) atoms. The Morgan fingerprint density at radius 1 is 1.14 bits per heavy atom. The first-order chi connectivity index (χ1) is 9.75. The van der Waals surface area contributed by atoms with Crippen LogP contribution in [0.3, 0.4) is 0 Å². The summed E-state index contributed by atoms with van der Waals surface area (Å²) in [7, 11) is 0. The minimum Gasteiger partial charge on any atom is -0.354 e. The van der Waals surface area contributed by atoms with Gasteiger partial charge in [0.2, 0.25) is 5.91 Å². The van der Waals surface area contributed by atoms with Crippen LogP contribution in [0.2, 0.25) is 0 Å². The quantitative estimate of drug-likeness (QED) is 0.876. The van der Waals surface area contributed by atoms with Crippen molar-refractivity contribution in [1.82, 2.24) is 10.6 Å². The maximum atomic E-state index is 12.1. The molecule has 0 radical (unpaired) electrons. The highest BCUT2D eigenvalue weighted by Crippen LogP contribution is 2.22. The largest absolute Gasteiger partial charge is 0.354 e. The fourth-order valence-electron chi connectivity index (χ4n) is 1.87. The van der Waals surface area contributed by atoms with Crippen LogP contribution in [0.4, 0.5) is 0 Å². The molecule has 0 aliphatic rings. The lowest BCUT2D eigenvalue weighted by molar-refractivity contribution is -0.122. The van der Waals surface area contributed by atoms with Crippen molar-refractivity contribution in [3.05, 3.63) is 35.4 Å². The van der Waals surface area contributed by atoms with Gasteiger partial charge in [-0.1, -0.05) is 39.8 Å². The molecule has 0 aromatic heterocycles. The standard InChI is InChI=1S/C17H26N2O2/c1-6-11-18-15(20)12(2)19-16(21)13-7-9-14(10-8-13)17(3,4)5/h7-10,12H,6,11H2,1-5H3,(H,18,20)(H,19,21)/t12-/m0/s1. The fourth-order valence-corrected chi connectivity index (χ4v) is 1.87. The highest BCUT2D eigenvalue weighted by Gasteiger charge is 2.17. The summed E-state index contributed by atoms with van der Waals surface area (Å²) in [6, 6.07) is 6.97. The Bertz CT molecular complexity index is 487. The molecule has 4 heteroatoms. The van der Waals surface area contributed by atoms with Gasteiger partial charge in [0.25, 0.3) is 5.91 Å². The molecule has 4 nitrogen and oxygen atoms in total. The molecule has 0 heterocycles. The molecule has 1 atom stereocenters. The molecule has 0 spiro atoms. The summed E-state index contributed by atoms with van der Waals surface area (Å²) in [5, 5.41) is 5.48. The van der Waals surface area contributed by atoms with Crippen LogP contribution in [0.1, 0.15) is 57.0 Å². The average molecular weight is 290 g/mol. The van der Waals surface area contributed by atoms with E-state index in [2.05, 4.69) is 31.4 Å². The number of carbonyl (C=O) groups excluding carboxylic acids is 2. The van der Waals surface area contributed by atoms with Gasteiger partial charge in [0.15, 0.2) is 0 Å². The molecule has 0 aliphatic heterocycles. The summed E-state index contributed by atoms with van der Waals surface area (Å²) in [4.78, 5) is 23.8. The number of rotatable bonds is 5. The monoisotopic (exact) mass is 290 g/mol. The maximum Gasteiger partial charge on any atom is 0.251 e. The zero-order valence-corrected chi connectivity index (χ0v) is 13.6. The van der Waals surface area contributed by atoms with Crippen LogP contribution >= 0.6 is 0 Å². The molecule has 2 N–H and O–H groups in total. The van der Waals surface area contributed by atoms with Gasteiger partial charge in [0, 0.05) is 12.1 Å². The fraction of sp³-hybridized carbons (Fsp3) is 0.529. The topological polar surface area (TPSA) is 58.2 Å². The van der Waals surface area contributed by atoms with Crippen molar-refractivity contribution >= 4 is 11.8 Å². The van der Waals surface area contributed by atoms with E-state index in [4.69, 9.17) is 0 Å². The lowest BCUT2D eigenvalue weighted by Crippen LogP contribution is -2.45. The van der Waals surface area contributed by atoms with E-state index in [-0.39, 0.29) is 17.2 Å². The van der Waals surface area contributed by atoms with Crippen LogP contribution in [0, 0.1) is 0 Å². The van der Waals surface area contributed by atoms with Gasteiger partial charge in [-0.05, 0) is 36.5 Å². The van der Waals surface area contributed by atoms with Crippen molar-refractivity contribution in [3.8, 4) is 0 Å². The minimum atomic E-state index is -0.536.